The Morgan fingerprint density at radius 3 is 2.37 bits per heavy atom. The predicted octanol–water partition coefficient (Wildman–Crippen LogP) is 1.09. The highest BCUT2D eigenvalue weighted by atomic mass is 35.5. The van der Waals surface area contributed by atoms with Crippen LogP contribution in [0.25, 0.3) is 0 Å². The number of nitrogens with one attached hydrogen (secondary N) is 2. The first-order valence-corrected chi connectivity index (χ1v) is 8.06. The number of rotatable bonds is 4. The van der Waals surface area contributed by atoms with Crippen LogP contribution in [-0.2, 0) is 20.4 Å². The van der Waals surface area contributed by atoms with Crippen LogP contribution < -0.4 is 10.9 Å². The summed E-state index contributed by atoms with van der Waals surface area (Å²) in [5, 5.41) is 0.519. The summed E-state index contributed by atoms with van der Waals surface area (Å²) >= 11 is 14.0. The maximum absolute atomic E-state index is 11.8. The molecule has 0 heterocycles. The summed E-state index contributed by atoms with van der Waals surface area (Å²) in [6.45, 7) is 0. The Kier molecular flexibility index (Phi) is 6.05. The van der Waals surface area contributed by atoms with Gasteiger partial charge in [-0.15, -0.1) is 12.6 Å². The summed E-state index contributed by atoms with van der Waals surface area (Å²) in [5.41, 5.74) is 4.94. The van der Waals surface area contributed by atoms with Crippen molar-refractivity contribution < 1.29 is 13.2 Å². The molecule has 1 aromatic rings. The molecule has 0 radical (unpaired) electrons. The molecule has 0 saturated heterocycles. The second kappa shape index (κ2) is 7.09. The zero-order valence-electron chi connectivity index (χ0n) is 9.59. The number of thiol groups is 1. The molecule has 0 fully saturated rings. The molecule has 0 aromatic heterocycles. The van der Waals surface area contributed by atoms with Crippen molar-refractivity contribution in [2.75, 3.05) is 5.75 Å². The van der Waals surface area contributed by atoms with Crippen LogP contribution in [-0.4, -0.2) is 24.4 Å². The number of halogens is 1. The Morgan fingerprint density at radius 2 is 1.84 bits per heavy atom. The Labute approximate surface area is 127 Å². The fraction of sp³-hybridized carbons (Fsp3) is 0.200. The fourth-order valence-corrected chi connectivity index (χ4v) is 2.75. The summed E-state index contributed by atoms with van der Waals surface area (Å²) in [5.74, 6) is -1.58. The van der Waals surface area contributed by atoms with Gasteiger partial charge in [0.15, 0.2) is 9.84 Å². The van der Waals surface area contributed by atoms with Crippen LogP contribution in [0.1, 0.15) is 5.56 Å². The molecule has 19 heavy (non-hydrogen) atoms. The molecule has 0 spiro atoms. The van der Waals surface area contributed by atoms with Gasteiger partial charge in [0, 0.05) is 5.02 Å². The molecule has 0 atom stereocenters. The molecule has 104 valence electrons. The number of carbonyl (C=O) groups excluding carboxylic acids is 1. The molecule has 2 N–H and O–H groups in total. The first-order valence-electron chi connectivity index (χ1n) is 5.01. The molecule has 0 saturated carbocycles. The number of benzene rings is 1. The first-order chi connectivity index (χ1) is 8.78. The molecule has 0 aliphatic rings. The van der Waals surface area contributed by atoms with E-state index in [0.29, 0.717) is 10.6 Å². The van der Waals surface area contributed by atoms with Gasteiger partial charge in [0.2, 0.25) is 0 Å². The molecule has 0 aliphatic heterocycles. The molecule has 5 nitrogen and oxygen atoms in total. The summed E-state index contributed by atoms with van der Waals surface area (Å²) in [4.78, 5) is 11.3. The minimum absolute atomic E-state index is 0.0449. The summed E-state index contributed by atoms with van der Waals surface area (Å²) in [7, 11) is -3.56. The number of sulfone groups is 1. The number of amides is 1. The SMILES string of the molecule is O=C(CS(=O)(=O)Cc1ccc(Cl)cc1)NNC(=S)S. The molecule has 0 aliphatic carbocycles. The Morgan fingerprint density at radius 1 is 1.26 bits per heavy atom. The van der Waals surface area contributed by atoms with E-state index >= 15 is 0 Å². The number of carbonyl (C=O) groups is 1. The predicted molar refractivity (Wildman–Crippen MR) is 81.8 cm³/mol. The Bertz CT molecular complexity index is 572. The highest BCUT2D eigenvalue weighted by molar-refractivity contribution is 8.11. The highest BCUT2D eigenvalue weighted by Gasteiger charge is 2.17. The van der Waals surface area contributed by atoms with Crippen LogP contribution in [0, 0.1) is 0 Å². The van der Waals surface area contributed by atoms with Crippen LogP contribution >= 0.6 is 36.4 Å². The second-order valence-electron chi connectivity index (χ2n) is 3.64. The van der Waals surface area contributed by atoms with Crippen molar-refractivity contribution in [3.8, 4) is 0 Å². The van der Waals surface area contributed by atoms with E-state index in [2.05, 4.69) is 35.7 Å². The lowest BCUT2D eigenvalue weighted by Gasteiger charge is -2.07. The summed E-state index contributed by atoms with van der Waals surface area (Å²) in [6.07, 6.45) is 0. The topological polar surface area (TPSA) is 75.3 Å². The number of hydrogen-bond donors (Lipinski definition) is 3. The third kappa shape index (κ3) is 6.76. The van der Waals surface area contributed by atoms with Crippen LogP contribution in [0.2, 0.25) is 5.02 Å². The standard InChI is InChI=1S/C10H11ClN2O3S3/c11-8-3-1-7(2-4-8)5-19(15,16)6-9(14)12-13-10(17)18/h1-4H,5-6H2,(H,12,14)(H2,13,17,18). The molecule has 0 bridgehead atoms. The molecular weight excluding hydrogens is 328 g/mol. The van der Waals surface area contributed by atoms with Gasteiger partial charge in [0.1, 0.15) is 10.1 Å². The van der Waals surface area contributed by atoms with E-state index in [4.69, 9.17) is 11.6 Å². The van der Waals surface area contributed by atoms with Gasteiger partial charge in [-0.1, -0.05) is 36.0 Å². The Balaban J connectivity index is 2.59. The highest BCUT2D eigenvalue weighted by Crippen LogP contribution is 2.12. The van der Waals surface area contributed by atoms with E-state index in [1.54, 1.807) is 24.3 Å². The van der Waals surface area contributed by atoms with Gasteiger partial charge in [-0.25, -0.2) is 8.42 Å². The molecular formula is C10H11ClN2O3S3. The van der Waals surface area contributed by atoms with E-state index in [1.807, 2.05) is 0 Å². The lowest BCUT2D eigenvalue weighted by atomic mass is 10.2. The van der Waals surface area contributed by atoms with Gasteiger partial charge in [-0.2, -0.15) is 0 Å². The van der Waals surface area contributed by atoms with Crippen molar-refractivity contribution in [2.24, 2.45) is 0 Å². The molecule has 9 heteroatoms. The number of hydrogen-bond acceptors (Lipinski definition) is 4. The largest absolute Gasteiger partial charge is 0.283 e. The van der Waals surface area contributed by atoms with Crippen LogP contribution in [0.3, 0.4) is 0 Å². The van der Waals surface area contributed by atoms with Gasteiger partial charge < -0.3 is 0 Å². The van der Waals surface area contributed by atoms with E-state index in [-0.39, 0.29) is 10.1 Å². The molecule has 0 unspecified atom stereocenters. The van der Waals surface area contributed by atoms with E-state index in [9.17, 15) is 13.2 Å². The van der Waals surface area contributed by atoms with Crippen LogP contribution in [0.15, 0.2) is 24.3 Å². The molecule has 1 amide bonds. The van der Waals surface area contributed by atoms with E-state index < -0.39 is 21.5 Å². The maximum Gasteiger partial charge on any atom is 0.253 e. The van der Waals surface area contributed by atoms with Crippen molar-refractivity contribution in [1.29, 1.82) is 0 Å². The minimum atomic E-state index is -3.56. The van der Waals surface area contributed by atoms with Crippen molar-refractivity contribution in [3.63, 3.8) is 0 Å². The zero-order valence-corrected chi connectivity index (χ0v) is 12.9. The van der Waals surface area contributed by atoms with Gasteiger partial charge >= 0.3 is 0 Å². The van der Waals surface area contributed by atoms with Crippen molar-refractivity contribution in [1.82, 2.24) is 10.9 Å². The minimum Gasteiger partial charge on any atom is -0.283 e. The fourth-order valence-electron chi connectivity index (χ4n) is 1.24. The Hall–Kier alpha value is -0.830. The number of hydrazine groups is 1. The van der Waals surface area contributed by atoms with Gasteiger partial charge in [0.05, 0.1) is 5.75 Å². The summed E-state index contributed by atoms with van der Waals surface area (Å²) in [6, 6.07) is 6.37. The first kappa shape index (κ1) is 16.2. The lowest BCUT2D eigenvalue weighted by molar-refractivity contribution is -0.119. The van der Waals surface area contributed by atoms with E-state index in [1.165, 1.54) is 0 Å². The zero-order chi connectivity index (χ0) is 14.5. The smallest absolute Gasteiger partial charge is 0.253 e. The van der Waals surface area contributed by atoms with Gasteiger partial charge in [-0.05, 0) is 17.7 Å². The molecule has 1 aromatic carbocycles. The quantitative estimate of drug-likeness (QED) is 0.435. The molecule has 1 rings (SSSR count). The third-order valence-corrected chi connectivity index (χ3v) is 3.90. The van der Waals surface area contributed by atoms with Crippen molar-refractivity contribution >= 4 is 56.5 Å². The maximum atomic E-state index is 11.8. The average molecular weight is 339 g/mol. The average Bonchev–Trinajstić information content (AvgIpc) is 2.28. The van der Waals surface area contributed by atoms with Crippen molar-refractivity contribution in [2.45, 2.75) is 5.75 Å². The summed E-state index contributed by atoms with van der Waals surface area (Å²) < 4.78 is 23.6. The van der Waals surface area contributed by atoms with Crippen molar-refractivity contribution in [3.05, 3.63) is 34.9 Å². The van der Waals surface area contributed by atoms with E-state index in [0.717, 1.165) is 0 Å². The van der Waals surface area contributed by atoms with Crippen LogP contribution in [0.4, 0.5) is 0 Å². The van der Waals surface area contributed by atoms with Crippen LogP contribution in [0.5, 0.6) is 0 Å². The third-order valence-electron chi connectivity index (χ3n) is 1.96. The lowest BCUT2D eigenvalue weighted by Crippen LogP contribution is -2.42. The normalized spacial score (nSPS) is 10.8. The monoisotopic (exact) mass is 338 g/mol. The second-order valence-corrected chi connectivity index (χ2v) is 7.30. The van der Waals surface area contributed by atoms with Gasteiger partial charge in [0.25, 0.3) is 5.91 Å². The number of thiocarbonyl (C=S) groups is 1. The van der Waals surface area contributed by atoms with Gasteiger partial charge in [-0.3, -0.25) is 15.6 Å².